The molecule has 0 saturated heterocycles. The summed E-state index contributed by atoms with van der Waals surface area (Å²) in [5.74, 6) is 0. The fourth-order valence-corrected chi connectivity index (χ4v) is 2.66. The summed E-state index contributed by atoms with van der Waals surface area (Å²) in [5, 5.41) is 3.36. The van der Waals surface area contributed by atoms with Gasteiger partial charge in [0, 0.05) is 33.5 Å². The quantitative estimate of drug-likeness (QED) is 0.745. The van der Waals surface area contributed by atoms with Crippen molar-refractivity contribution in [3.8, 4) is 0 Å². The molecule has 0 spiro atoms. The van der Waals surface area contributed by atoms with Crippen LogP contribution in [-0.4, -0.2) is 43.0 Å². The van der Waals surface area contributed by atoms with Crippen LogP contribution < -0.4 is 5.32 Å². The predicted octanol–water partition coefficient (Wildman–Crippen LogP) is 1.36. The highest BCUT2D eigenvalue weighted by atomic mass is 16.5. The van der Waals surface area contributed by atoms with Crippen LogP contribution in [0.5, 0.6) is 0 Å². The third kappa shape index (κ3) is 3.10. The predicted molar refractivity (Wildman–Crippen MR) is 69.5 cm³/mol. The number of aromatic nitrogens is 2. The van der Waals surface area contributed by atoms with Gasteiger partial charge in [-0.2, -0.15) is 0 Å². The maximum atomic E-state index is 5.56. The fraction of sp³-hybridized carbons (Fsp3) is 0.769. The first-order valence-corrected chi connectivity index (χ1v) is 6.60. The van der Waals surface area contributed by atoms with Crippen molar-refractivity contribution in [2.45, 2.75) is 38.0 Å². The van der Waals surface area contributed by atoms with Gasteiger partial charge in [0.25, 0.3) is 0 Å². The number of rotatable bonds is 7. The van der Waals surface area contributed by atoms with Gasteiger partial charge in [-0.05, 0) is 19.3 Å². The van der Waals surface area contributed by atoms with E-state index in [2.05, 4.69) is 14.9 Å². The largest absolute Gasteiger partial charge is 0.383 e. The van der Waals surface area contributed by atoms with Gasteiger partial charge in [0.05, 0.1) is 30.8 Å². The average Bonchev–Trinajstić information content (AvgIpc) is 3.02. The van der Waals surface area contributed by atoms with E-state index in [1.807, 2.05) is 12.5 Å². The maximum absolute atomic E-state index is 5.56. The Hall–Kier alpha value is -0.910. The zero-order valence-corrected chi connectivity index (χ0v) is 11.3. The van der Waals surface area contributed by atoms with Gasteiger partial charge >= 0.3 is 0 Å². The zero-order chi connectivity index (χ0) is 12.8. The van der Waals surface area contributed by atoms with E-state index in [9.17, 15) is 0 Å². The molecule has 1 aliphatic rings. The highest BCUT2D eigenvalue weighted by molar-refractivity contribution is 5.02. The summed E-state index contributed by atoms with van der Waals surface area (Å²) in [7, 11) is 3.52. The Morgan fingerprint density at radius 1 is 1.44 bits per heavy atom. The monoisotopic (exact) mass is 253 g/mol. The molecule has 1 heterocycles. The SMILES string of the molecule is COCCNCc1cncn1C1CCCC1OC. The number of nitrogens with one attached hydrogen (secondary N) is 1. The lowest BCUT2D eigenvalue weighted by Gasteiger charge is -2.22. The third-order valence-corrected chi connectivity index (χ3v) is 3.61. The van der Waals surface area contributed by atoms with Crippen molar-refractivity contribution < 1.29 is 9.47 Å². The van der Waals surface area contributed by atoms with Gasteiger partial charge in [-0.25, -0.2) is 4.98 Å². The first kappa shape index (κ1) is 13.5. The highest BCUT2D eigenvalue weighted by Gasteiger charge is 2.29. The number of hydrogen-bond acceptors (Lipinski definition) is 4. The van der Waals surface area contributed by atoms with Crippen LogP contribution in [0.15, 0.2) is 12.5 Å². The minimum Gasteiger partial charge on any atom is -0.383 e. The van der Waals surface area contributed by atoms with Crippen molar-refractivity contribution in [3.05, 3.63) is 18.2 Å². The molecule has 102 valence electrons. The second kappa shape index (κ2) is 6.87. The van der Waals surface area contributed by atoms with Crippen LogP contribution in [0.2, 0.25) is 0 Å². The second-order valence-corrected chi connectivity index (χ2v) is 4.73. The molecule has 1 N–H and O–H groups in total. The lowest BCUT2D eigenvalue weighted by atomic mass is 10.2. The number of nitrogens with zero attached hydrogens (tertiary/aromatic N) is 2. The van der Waals surface area contributed by atoms with E-state index in [-0.39, 0.29) is 0 Å². The van der Waals surface area contributed by atoms with Crippen molar-refractivity contribution in [1.29, 1.82) is 0 Å². The van der Waals surface area contributed by atoms with Crippen LogP contribution in [0.3, 0.4) is 0 Å². The molecule has 2 unspecified atom stereocenters. The van der Waals surface area contributed by atoms with E-state index in [1.165, 1.54) is 18.5 Å². The average molecular weight is 253 g/mol. The number of imidazole rings is 1. The smallest absolute Gasteiger partial charge is 0.0952 e. The first-order valence-electron chi connectivity index (χ1n) is 6.60. The molecule has 2 atom stereocenters. The summed E-state index contributed by atoms with van der Waals surface area (Å²) in [6.07, 6.45) is 7.75. The van der Waals surface area contributed by atoms with Crippen molar-refractivity contribution >= 4 is 0 Å². The Morgan fingerprint density at radius 3 is 3.11 bits per heavy atom. The van der Waals surface area contributed by atoms with Crippen LogP contribution in [-0.2, 0) is 16.0 Å². The molecule has 0 amide bonds. The summed E-state index contributed by atoms with van der Waals surface area (Å²) in [6.45, 7) is 2.43. The Labute approximate surface area is 108 Å². The minimum atomic E-state index is 0.330. The first-order chi connectivity index (χ1) is 8.86. The number of methoxy groups -OCH3 is 2. The van der Waals surface area contributed by atoms with E-state index < -0.39 is 0 Å². The molecule has 1 aliphatic carbocycles. The molecule has 5 nitrogen and oxygen atoms in total. The summed E-state index contributed by atoms with van der Waals surface area (Å²) in [4.78, 5) is 4.27. The molecule has 1 aromatic heterocycles. The lowest BCUT2D eigenvalue weighted by Crippen LogP contribution is -2.25. The van der Waals surface area contributed by atoms with Crippen molar-refractivity contribution in [2.24, 2.45) is 0 Å². The molecule has 0 aromatic carbocycles. The molecular formula is C13H23N3O2. The van der Waals surface area contributed by atoms with Crippen LogP contribution in [0, 0.1) is 0 Å². The van der Waals surface area contributed by atoms with Crippen molar-refractivity contribution in [3.63, 3.8) is 0 Å². The topological polar surface area (TPSA) is 48.3 Å². The molecule has 0 aliphatic heterocycles. The Morgan fingerprint density at radius 2 is 2.33 bits per heavy atom. The lowest BCUT2D eigenvalue weighted by molar-refractivity contribution is 0.0739. The van der Waals surface area contributed by atoms with Crippen LogP contribution in [0.4, 0.5) is 0 Å². The standard InChI is InChI=1S/C13H23N3O2/c1-17-7-6-14-8-11-9-15-10-16(11)12-4-3-5-13(12)18-2/h9-10,12-14H,3-8H2,1-2H3. The van der Waals surface area contributed by atoms with Crippen molar-refractivity contribution in [1.82, 2.24) is 14.9 Å². The summed E-state index contributed by atoms with van der Waals surface area (Å²) >= 11 is 0. The molecular weight excluding hydrogens is 230 g/mol. The molecule has 1 saturated carbocycles. The van der Waals surface area contributed by atoms with E-state index >= 15 is 0 Å². The molecule has 1 fully saturated rings. The molecule has 0 radical (unpaired) electrons. The Balaban J connectivity index is 1.94. The molecule has 1 aromatic rings. The Bertz CT molecular complexity index is 354. The normalized spacial score (nSPS) is 23.7. The molecule has 2 rings (SSSR count). The van der Waals surface area contributed by atoms with Crippen molar-refractivity contribution in [2.75, 3.05) is 27.4 Å². The van der Waals surface area contributed by atoms with Crippen LogP contribution in [0.1, 0.15) is 31.0 Å². The van der Waals surface area contributed by atoms with E-state index in [1.54, 1.807) is 14.2 Å². The number of ether oxygens (including phenoxy) is 2. The summed E-state index contributed by atoms with van der Waals surface area (Å²) < 4.78 is 12.8. The van der Waals surface area contributed by atoms with E-state index in [0.717, 1.165) is 26.1 Å². The Kier molecular flexibility index (Phi) is 5.16. The van der Waals surface area contributed by atoms with Crippen LogP contribution >= 0.6 is 0 Å². The van der Waals surface area contributed by atoms with Gasteiger partial charge in [0.15, 0.2) is 0 Å². The second-order valence-electron chi connectivity index (χ2n) is 4.73. The van der Waals surface area contributed by atoms with E-state index in [4.69, 9.17) is 9.47 Å². The maximum Gasteiger partial charge on any atom is 0.0952 e. The number of hydrogen-bond donors (Lipinski definition) is 1. The van der Waals surface area contributed by atoms with Gasteiger partial charge in [-0.3, -0.25) is 0 Å². The minimum absolute atomic E-state index is 0.330. The summed E-state index contributed by atoms with van der Waals surface area (Å²) in [5.41, 5.74) is 1.22. The zero-order valence-electron chi connectivity index (χ0n) is 11.3. The van der Waals surface area contributed by atoms with Gasteiger partial charge < -0.3 is 19.4 Å². The third-order valence-electron chi connectivity index (χ3n) is 3.61. The van der Waals surface area contributed by atoms with Crippen LogP contribution in [0.25, 0.3) is 0 Å². The fourth-order valence-electron chi connectivity index (χ4n) is 2.66. The molecule has 0 bridgehead atoms. The molecule has 18 heavy (non-hydrogen) atoms. The highest BCUT2D eigenvalue weighted by Crippen LogP contribution is 2.32. The van der Waals surface area contributed by atoms with Gasteiger partial charge in [0.1, 0.15) is 0 Å². The van der Waals surface area contributed by atoms with Gasteiger partial charge in [-0.15, -0.1) is 0 Å². The van der Waals surface area contributed by atoms with E-state index in [0.29, 0.717) is 12.1 Å². The molecule has 5 heteroatoms. The van der Waals surface area contributed by atoms with Gasteiger partial charge in [-0.1, -0.05) is 0 Å². The summed E-state index contributed by atoms with van der Waals surface area (Å²) in [6, 6.07) is 0.441. The van der Waals surface area contributed by atoms with Gasteiger partial charge in [0.2, 0.25) is 0 Å².